The molecule has 8 nitrogen and oxygen atoms in total. The largest absolute Gasteiger partial charge is 0.497 e. The molecule has 0 spiro atoms. The number of hydrogen-bond donors (Lipinski definition) is 2. The van der Waals surface area contributed by atoms with Gasteiger partial charge in [-0.1, -0.05) is 46.7 Å². The Hall–Kier alpha value is -5.50. The first kappa shape index (κ1) is 33.0. The highest BCUT2D eigenvalue weighted by atomic mass is 16.5. The molecule has 0 heterocycles. The minimum atomic E-state index is 0.485. The van der Waals surface area contributed by atoms with E-state index < -0.39 is 0 Å². The standard InChI is InChI=1S/2C18H19NO3/c2*1-3-22-17-11-7-15(8-12-17)18(19-20)13-6-14-4-9-16(21-2)10-5-14/h2*4-13,20H,3H2,1-2H3/b2*13-6+,19-18+. The molecule has 4 rings (SSSR count). The topological polar surface area (TPSA) is 102 Å². The van der Waals surface area contributed by atoms with Crippen molar-refractivity contribution in [2.45, 2.75) is 13.8 Å². The third-order valence-electron chi connectivity index (χ3n) is 6.24. The van der Waals surface area contributed by atoms with E-state index in [9.17, 15) is 10.4 Å². The number of rotatable bonds is 12. The van der Waals surface area contributed by atoms with Crippen LogP contribution < -0.4 is 18.9 Å². The zero-order chi connectivity index (χ0) is 31.6. The number of allylic oxidation sites excluding steroid dienone is 2. The average molecular weight is 595 g/mol. The van der Waals surface area contributed by atoms with Crippen molar-refractivity contribution in [1.82, 2.24) is 0 Å². The summed E-state index contributed by atoms with van der Waals surface area (Å²) in [5.74, 6) is 3.20. The first-order valence-corrected chi connectivity index (χ1v) is 14.1. The fourth-order valence-electron chi connectivity index (χ4n) is 3.93. The van der Waals surface area contributed by atoms with Crippen LogP contribution >= 0.6 is 0 Å². The van der Waals surface area contributed by atoms with Crippen molar-refractivity contribution in [3.8, 4) is 23.0 Å². The van der Waals surface area contributed by atoms with E-state index in [4.69, 9.17) is 18.9 Å². The van der Waals surface area contributed by atoms with E-state index in [0.717, 1.165) is 45.3 Å². The lowest BCUT2D eigenvalue weighted by atomic mass is 10.1. The van der Waals surface area contributed by atoms with Gasteiger partial charge in [-0.15, -0.1) is 0 Å². The summed E-state index contributed by atoms with van der Waals surface area (Å²) in [5.41, 5.74) is 4.59. The maximum atomic E-state index is 9.20. The number of methoxy groups -OCH3 is 2. The lowest BCUT2D eigenvalue weighted by Crippen LogP contribution is -1.97. The summed E-state index contributed by atoms with van der Waals surface area (Å²) in [6.45, 7) is 5.12. The Morgan fingerprint density at radius 1 is 0.523 bits per heavy atom. The van der Waals surface area contributed by atoms with Crippen LogP contribution in [0.3, 0.4) is 0 Å². The normalized spacial score (nSPS) is 11.6. The molecule has 0 amide bonds. The molecule has 228 valence electrons. The predicted molar refractivity (Wildman–Crippen MR) is 176 cm³/mol. The molecule has 4 aromatic carbocycles. The van der Waals surface area contributed by atoms with Crippen molar-refractivity contribution in [3.05, 3.63) is 131 Å². The molecule has 0 atom stereocenters. The summed E-state index contributed by atoms with van der Waals surface area (Å²) in [4.78, 5) is 0. The average Bonchev–Trinajstić information content (AvgIpc) is 3.08. The van der Waals surface area contributed by atoms with Crippen molar-refractivity contribution in [3.63, 3.8) is 0 Å². The Morgan fingerprint density at radius 3 is 1.11 bits per heavy atom. The Labute approximate surface area is 258 Å². The molecule has 0 radical (unpaired) electrons. The van der Waals surface area contributed by atoms with Crippen molar-refractivity contribution in [2.24, 2.45) is 10.3 Å². The van der Waals surface area contributed by atoms with Gasteiger partial charge in [-0.2, -0.15) is 0 Å². The molecule has 2 N–H and O–H groups in total. The summed E-state index contributed by atoms with van der Waals surface area (Å²) >= 11 is 0. The maximum Gasteiger partial charge on any atom is 0.119 e. The highest BCUT2D eigenvalue weighted by Gasteiger charge is 2.03. The van der Waals surface area contributed by atoms with Gasteiger partial charge in [-0.05, 0) is 110 Å². The van der Waals surface area contributed by atoms with Gasteiger partial charge in [0, 0.05) is 11.1 Å². The number of ether oxygens (including phenoxy) is 4. The van der Waals surface area contributed by atoms with Crippen LogP contribution in [0.25, 0.3) is 12.2 Å². The van der Waals surface area contributed by atoms with Gasteiger partial charge in [-0.25, -0.2) is 0 Å². The summed E-state index contributed by atoms with van der Waals surface area (Å²) in [6, 6.07) is 30.1. The molecule has 4 aromatic rings. The summed E-state index contributed by atoms with van der Waals surface area (Å²) in [7, 11) is 3.26. The molecule has 0 aliphatic rings. The molecule has 0 bridgehead atoms. The van der Waals surface area contributed by atoms with Gasteiger partial charge in [-0.3, -0.25) is 0 Å². The first-order chi connectivity index (χ1) is 21.5. The van der Waals surface area contributed by atoms with Crippen LogP contribution in [-0.2, 0) is 0 Å². The number of nitrogens with zero attached hydrogens (tertiary/aromatic N) is 2. The van der Waals surface area contributed by atoms with Crippen molar-refractivity contribution in [1.29, 1.82) is 0 Å². The van der Waals surface area contributed by atoms with Gasteiger partial charge in [0.2, 0.25) is 0 Å². The summed E-state index contributed by atoms with van der Waals surface area (Å²) < 4.78 is 21.0. The predicted octanol–water partition coefficient (Wildman–Crippen LogP) is 7.97. The molecule has 0 fully saturated rings. The molecular formula is C36H38N2O6. The van der Waals surface area contributed by atoms with Crippen LogP contribution in [0.1, 0.15) is 36.1 Å². The van der Waals surface area contributed by atoms with Crippen molar-refractivity contribution < 1.29 is 29.4 Å². The smallest absolute Gasteiger partial charge is 0.119 e. The molecule has 0 unspecified atom stereocenters. The highest BCUT2D eigenvalue weighted by molar-refractivity contribution is 6.11. The number of benzene rings is 4. The summed E-state index contributed by atoms with van der Waals surface area (Å²) in [6.07, 6.45) is 7.28. The Bertz CT molecular complexity index is 1410. The monoisotopic (exact) mass is 594 g/mol. The molecule has 44 heavy (non-hydrogen) atoms. The third-order valence-corrected chi connectivity index (χ3v) is 6.24. The lowest BCUT2D eigenvalue weighted by Gasteiger charge is -2.04. The fourth-order valence-corrected chi connectivity index (χ4v) is 3.93. The van der Waals surface area contributed by atoms with E-state index in [1.807, 2.05) is 123 Å². The second-order valence-electron chi connectivity index (χ2n) is 9.10. The number of hydrogen-bond acceptors (Lipinski definition) is 8. The molecule has 8 heteroatoms. The van der Waals surface area contributed by atoms with E-state index in [1.54, 1.807) is 26.4 Å². The van der Waals surface area contributed by atoms with Gasteiger partial charge in [0.05, 0.1) is 27.4 Å². The second kappa shape index (κ2) is 18.1. The maximum absolute atomic E-state index is 9.20. The van der Waals surface area contributed by atoms with Crippen LogP contribution in [0.2, 0.25) is 0 Å². The van der Waals surface area contributed by atoms with E-state index in [2.05, 4.69) is 10.3 Å². The minimum Gasteiger partial charge on any atom is -0.497 e. The quantitative estimate of drug-likeness (QED) is 0.0980. The van der Waals surface area contributed by atoms with Gasteiger partial charge < -0.3 is 29.4 Å². The van der Waals surface area contributed by atoms with Crippen molar-refractivity contribution in [2.75, 3.05) is 27.4 Å². The Morgan fingerprint density at radius 2 is 0.841 bits per heavy atom. The van der Waals surface area contributed by atoms with E-state index in [-0.39, 0.29) is 0 Å². The Balaban J connectivity index is 0.000000240. The van der Waals surface area contributed by atoms with Gasteiger partial charge in [0.15, 0.2) is 0 Å². The first-order valence-electron chi connectivity index (χ1n) is 14.1. The molecular weight excluding hydrogens is 556 g/mol. The van der Waals surface area contributed by atoms with Crippen molar-refractivity contribution >= 4 is 23.6 Å². The van der Waals surface area contributed by atoms with Crippen LogP contribution in [0.5, 0.6) is 23.0 Å². The van der Waals surface area contributed by atoms with Gasteiger partial charge >= 0.3 is 0 Å². The fraction of sp³-hybridized carbons (Fsp3) is 0.167. The van der Waals surface area contributed by atoms with E-state index in [1.165, 1.54) is 0 Å². The van der Waals surface area contributed by atoms with E-state index >= 15 is 0 Å². The molecule has 0 aromatic heterocycles. The van der Waals surface area contributed by atoms with Gasteiger partial charge in [0.1, 0.15) is 34.4 Å². The van der Waals surface area contributed by atoms with Crippen LogP contribution in [0.4, 0.5) is 0 Å². The van der Waals surface area contributed by atoms with E-state index in [0.29, 0.717) is 24.6 Å². The van der Waals surface area contributed by atoms with Crippen LogP contribution in [-0.4, -0.2) is 49.3 Å². The summed E-state index contributed by atoms with van der Waals surface area (Å²) in [5, 5.41) is 25.1. The molecule has 0 aliphatic carbocycles. The lowest BCUT2D eigenvalue weighted by molar-refractivity contribution is 0.319. The molecule has 0 saturated carbocycles. The Kier molecular flexibility index (Phi) is 13.6. The van der Waals surface area contributed by atoms with Crippen LogP contribution in [0.15, 0.2) is 120 Å². The minimum absolute atomic E-state index is 0.485. The zero-order valence-corrected chi connectivity index (χ0v) is 25.4. The molecule has 0 saturated heterocycles. The van der Waals surface area contributed by atoms with Gasteiger partial charge in [0.25, 0.3) is 0 Å². The van der Waals surface area contributed by atoms with Crippen LogP contribution in [0, 0.1) is 0 Å². The zero-order valence-electron chi connectivity index (χ0n) is 25.4. The second-order valence-corrected chi connectivity index (χ2v) is 9.10. The highest BCUT2D eigenvalue weighted by Crippen LogP contribution is 2.17. The number of oxime groups is 2. The third kappa shape index (κ3) is 10.4. The molecule has 0 aliphatic heterocycles. The SMILES string of the molecule is CCOc1ccc(C(/C=C/c2ccc(OC)cc2)=N/O)cc1.CCOc1ccc(C(/C=C/c2ccc(OC)cc2)=N/O)cc1.